The molecule has 6 heteroatoms. The van der Waals surface area contributed by atoms with Gasteiger partial charge in [0.15, 0.2) is 0 Å². The lowest BCUT2D eigenvalue weighted by molar-refractivity contribution is -0.124. The first kappa shape index (κ1) is 21.1. The van der Waals surface area contributed by atoms with Crippen LogP contribution < -0.4 is 11.1 Å². The van der Waals surface area contributed by atoms with Crippen LogP contribution in [0, 0.1) is 0 Å². The lowest BCUT2D eigenvalue weighted by Crippen LogP contribution is -2.45. The van der Waals surface area contributed by atoms with Crippen molar-refractivity contribution in [1.29, 1.82) is 0 Å². The van der Waals surface area contributed by atoms with Crippen molar-refractivity contribution in [1.82, 2.24) is 5.32 Å². The highest BCUT2D eigenvalue weighted by Crippen LogP contribution is 2.14. The Balaban J connectivity index is 0.00000312. The van der Waals surface area contributed by atoms with Crippen LogP contribution in [0.3, 0.4) is 0 Å². The summed E-state index contributed by atoms with van der Waals surface area (Å²) in [6, 6.07) is 18.7. The molecule has 2 aromatic rings. The highest BCUT2D eigenvalue weighted by atomic mass is 35.5. The lowest BCUT2D eigenvalue weighted by atomic mass is 10.1. The molecule has 0 heterocycles. The fraction of sp³-hybridized carbons (Fsp3) is 0.316. The maximum Gasteiger partial charge on any atom is 0.239 e. The molecule has 0 bridgehead atoms. The zero-order valence-electron chi connectivity index (χ0n) is 14.3. The topological polar surface area (TPSA) is 73.6 Å². The van der Waals surface area contributed by atoms with E-state index in [1.807, 2.05) is 60.7 Å². The molecule has 0 spiro atoms. The Kier molecular flexibility index (Phi) is 9.80. The Labute approximate surface area is 154 Å². The molecular formula is C19H25ClN2O3. The van der Waals surface area contributed by atoms with E-state index in [4.69, 9.17) is 15.2 Å². The molecule has 2 unspecified atom stereocenters. The van der Waals surface area contributed by atoms with Crippen molar-refractivity contribution in [2.75, 3.05) is 20.3 Å². The number of hydrogen-bond acceptors (Lipinski definition) is 4. The van der Waals surface area contributed by atoms with Gasteiger partial charge in [-0.15, -0.1) is 12.4 Å². The van der Waals surface area contributed by atoms with Gasteiger partial charge in [-0.1, -0.05) is 60.7 Å². The molecule has 2 aromatic carbocycles. The van der Waals surface area contributed by atoms with Crippen LogP contribution in [0.25, 0.3) is 0 Å². The fourth-order valence-corrected chi connectivity index (χ4v) is 2.31. The predicted octanol–water partition coefficient (Wildman–Crippen LogP) is 2.46. The standard InChI is InChI=1S/C19H24N2O3.ClH/c1-23-13-17(20)19(22)21-18(16-10-6-3-7-11-16)14-24-12-15-8-4-2-5-9-15;/h2-11,17-18H,12-14,20H2,1H3,(H,21,22);1H. The number of halogens is 1. The van der Waals surface area contributed by atoms with Gasteiger partial charge in [0, 0.05) is 7.11 Å². The molecule has 0 aliphatic carbocycles. The normalized spacial score (nSPS) is 12.7. The van der Waals surface area contributed by atoms with Crippen LogP contribution in [-0.4, -0.2) is 32.3 Å². The van der Waals surface area contributed by atoms with E-state index in [2.05, 4.69) is 5.32 Å². The summed E-state index contributed by atoms with van der Waals surface area (Å²) < 4.78 is 10.7. The first-order valence-electron chi connectivity index (χ1n) is 7.92. The highest BCUT2D eigenvalue weighted by Gasteiger charge is 2.19. The maximum atomic E-state index is 12.2. The third-order valence-corrected chi connectivity index (χ3v) is 3.60. The number of carbonyl (C=O) groups excluding carboxylic acids is 1. The Hall–Kier alpha value is -1.92. The number of ether oxygens (including phenoxy) is 2. The molecule has 2 rings (SSSR count). The number of rotatable bonds is 9. The minimum Gasteiger partial charge on any atom is -0.383 e. The Morgan fingerprint density at radius 2 is 1.64 bits per heavy atom. The van der Waals surface area contributed by atoms with Crippen molar-refractivity contribution >= 4 is 18.3 Å². The number of nitrogens with two attached hydrogens (primary N) is 1. The van der Waals surface area contributed by atoms with Crippen molar-refractivity contribution in [3.63, 3.8) is 0 Å². The fourth-order valence-electron chi connectivity index (χ4n) is 2.31. The molecule has 0 radical (unpaired) electrons. The molecule has 1 amide bonds. The van der Waals surface area contributed by atoms with E-state index >= 15 is 0 Å². The van der Waals surface area contributed by atoms with E-state index in [-0.39, 0.29) is 31.0 Å². The number of hydrogen-bond donors (Lipinski definition) is 2. The SMILES string of the molecule is COCC(N)C(=O)NC(COCc1ccccc1)c1ccccc1.Cl. The second-order valence-corrected chi connectivity index (χ2v) is 5.53. The summed E-state index contributed by atoms with van der Waals surface area (Å²) in [4.78, 5) is 12.2. The van der Waals surface area contributed by atoms with Crippen LogP contribution in [0.4, 0.5) is 0 Å². The molecular weight excluding hydrogens is 340 g/mol. The van der Waals surface area contributed by atoms with Crippen molar-refractivity contribution in [3.8, 4) is 0 Å². The summed E-state index contributed by atoms with van der Waals surface area (Å²) in [5.74, 6) is -0.256. The maximum absolute atomic E-state index is 12.2. The average molecular weight is 365 g/mol. The van der Waals surface area contributed by atoms with Gasteiger partial charge in [0.2, 0.25) is 5.91 Å². The first-order valence-corrected chi connectivity index (χ1v) is 7.92. The van der Waals surface area contributed by atoms with Crippen LogP contribution in [0.1, 0.15) is 17.2 Å². The molecule has 0 saturated carbocycles. The van der Waals surface area contributed by atoms with Crippen LogP contribution >= 0.6 is 12.4 Å². The minimum absolute atomic E-state index is 0. The molecule has 0 aliphatic heterocycles. The van der Waals surface area contributed by atoms with E-state index in [0.717, 1.165) is 11.1 Å². The average Bonchev–Trinajstić information content (AvgIpc) is 2.62. The van der Waals surface area contributed by atoms with E-state index in [1.54, 1.807) is 0 Å². The molecule has 25 heavy (non-hydrogen) atoms. The van der Waals surface area contributed by atoms with Gasteiger partial charge >= 0.3 is 0 Å². The molecule has 136 valence electrons. The van der Waals surface area contributed by atoms with Crippen LogP contribution in [0.5, 0.6) is 0 Å². The zero-order chi connectivity index (χ0) is 17.2. The number of carbonyl (C=O) groups is 1. The third kappa shape index (κ3) is 7.23. The molecule has 0 aliphatic rings. The van der Waals surface area contributed by atoms with E-state index in [1.165, 1.54) is 7.11 Å². The van der Waals surface area contributed by atoms with Gasteiger partial charge in [0.1, 0.15) is 6.04 Å². The summed E-state index contributed by atoms with van der Waals surface area (Å²) in [5.41, 5.74) is 7.86. The monoisotopic (exact) mass is 364 g/mol. The number of methoxy groups -OCH3 is 1. The molecule has 3 N–H and O–H groups in total. The zero-order valence-corrected chi connectivity index (χ0v) is 15.1. The van der Waals surface area contributed by atoms with Gasteiger partial charge in [-0.2, -0.15) is 0 Å². The van der Waals surface area contributed by atoms with E-state index in [0.29, 0.717) is 13.2 Å². The van der Waals surface area contributed by atoms with Gasteiger partial charge in [-0.3, -0.25) is 4.79 Å². The van der Waals surface area contributed by atoms with Gasteiger partial charge in [0.05, 0.1) is 25.9 Å². The molecule has 0 fully saturated rings. The van der Waals surface area contributed by atoms with Crippen molar-refractivity contribution in [3.05, 3.63) is 71.8 Å². The Morgan fingerprint density at radius 3 is 2.24 bits per heavy atom. The third-order valence-electron chi connectivity index (χ3n) is 3.60. The quantitative estimate of drug-likeness (QED) is 0.716. The van der Waals surface area contributed by atoms with E-state index < -0.39 is 6.04 Å². The van der Waals surface area contributed by atoms with Gasteiger partial charge < -0.3 is 20.5 Å². The van der Waals surface area contributed by atoms with Crippen LogP contribution in [-0.2, 0) is 20.9 Å². The first-order chi connectivity index (χ1) is 11.7. The molecule has 2 atom stereocenters. The Bertz CT molecular complexity index is 611. The molecule has 0 aromatic heterocycles. The summed E-state index contributed by atoms with van der Waals surface area (Å²) in [7, 11) is 1.52. The van der Waals surface area contributed by atoms with E-state index in [9.17, 15) is 4.79 Å². The summed E-state index contributed by atoms with van der Waals surface area (Å²) >= 11 is 0. The van der Waals surface area contributed by atoms with Crippen molar-refractivity contribution in [2.45, 2.75) is 18.7 Å². The smallest absolute Gasteiger partial charge is 0.239 e. The second kappa shape index (κ2) is 11.6. The molecule has 0 saturated heterocycles. The minimum atomic E-state index is -0.699. The molecule has 5 nitrogen and oxygen atoms in total. The summed E-state index contributed by atoms with van der Waals surface area (Å²) in [5, 5.41) is 2.94. The number of amides is 1. The number of nitrogens with one attached hydrogen (secondary N) is 1. The largest absolute Gasteiger partial charge is 0.383 e. The van der Waals surface area contributed by atoms with Crippen LogP contribution in [0.15, 0.2) is 60.7 Å². The van der Waals surface area contributed by atoms with Crippen molar-refractivity contribution < 1.29 is 14.3 Å². The number of benzene rings is 2. The predicted molar refractivity (Wildman–Crippen MR) is 101 cm³/mol. The van der Waals surface area contributed by atoms with Gasteiger partial charge in [-0.25, -0.2) is 0 Å². The van der Waals surface area contributed by atoms with Crippen molar-refractivity contribution in [2.24, 2.45) is 5.73 Å². The summed E-state index contributed by atoms with van der Waals surface area (Å²) in [6.07, 6.45) is 0. The van der Waals surface area contributed by atoms with Gasteiger partial charge in [-0.05, 0) is 11.1 Å². The highest BCUT2D eigenvalue weighted by molar-refractivity contribution is 5.85. The Morgan fingerprint density at radius 1 is 1.04 bits per heavy atom. The second-order valence-electron chi connectivity index (χ2n) is 5.53. The summed E-state index contributed by atoms with van der Waals surface area (Å²) in [6.45, 7) is 1.03. The van der Waals surface area contributed by atoms with Crippen LogP contribution in [0.2, 0.25) is 0 Å². The van der Waals surface area contributed by atoms with Gasteiger partial charge in [0.25, 0.3) is 0 Å². The lowest BCUT2D eigenvalue weighted by Gasteiger charge is -2.21.